The summed E-state index contributed by atoms with van der Waals surface area (Å²) in [6.45, 7) is 5.66. The predicted molar refractivity (Wildman–Crippen MR) is 80.2 cm³/mol. The zero-order chi connectivity index (χ0) is 13.8. The topological polar surface area (TPSA) is 37.6 Å². The average Bonchev–Trinajstić information content (AvgIpc) is 3.03. The Labute approximate surface area is 119 Å². The van der Waals surface area contributed by atoms with Gasteiger partial charge in [-0.1, -0.05) is 0 Å². The Morgan fingerprint density at radius 1 is 1.10 bits per heavy atom. The Morgan fingerprint density at radius 3 is 2.50 bits per heavy atom. The monoisotopic (exact) mass is 272 g/mol. The number of nitrogens with one attached hydrogen (secondary N) is 1. The first-order chi connectivity index (χ1) is 9.83. The van der Waals surface area contributed by atoms with Gasteiger partial charge in [-0.05, 0) is 43.3 Å². The molecule has 1 aliphatic heterocycles. The molecular formula is C16H20N2O2. The zero-order valence-electron chi connectivity index (χ0n) is 11.7. The maximum atomic E-state index is 5.40. The molecular weight excluding hydrogens is 252 g/mol. The lowest BCUT2D eigenvalue weighted by molar-refractivity contribution is 0.122. The van der Waals surface area contributed by atoms with Crippen LogP contribution in [0.1, 0.15) is 18.7 Å². The van der Waals surface area contributed by atoms with Crippen molar-refractivity contribution in [1.29, 1.82) is 0 Å². The van der Waals surface area contributed by atoms with Gasteiger partial charge in [-0.25, -0.2) is 0 Å². The van der Waals surface area contributed by atoms with Crippen molar-refractivity contribution in [1.82, 2.24) is 0 Å². The Kier molecular flexibility index (Phi) is 3.92. The van der Waals surface area contributed by atoms with E-state index >= 15 is 0 Å². The average molecular weight is 272 g/mol. The van der Waals surface area contributed by atoms with Gasteiger partial charge in [-0.3, -0.25) is 0 Å². The third-order valence-corrected chi connectivity index (χ3v) is 3.60. The Hall–Kier alpha value is -1.94. The quantitative estimate of drug-likeness (QED) is 0.926. The molecule has 0 aliphatic carbocycles. The van der Waals surface area contributed by atoms with E-state index in [4.69, 9.17) is 9.15 Å². The van der Waals surface area contributed by atoms with Crippen LogP contribution < -0.4 is 10.2 Å². The van der Waals surface area contributed by atoms with Gasteiger partial charge in [0.1, 0.15) is 5.76 Å². The number of ether oxygens (including phenoxy) is 1. The molecule has 0 bridgehead atoms. The molecule has 106 valence electrons. The molecule has 0 radical (unpaired) electrons. The van der Waals surface area contributed by atoms with Gasteiger partial charge in [0.2, 0.25) is 0 Å². The van der Waals surface area contributed by atoms with Gasteiger partial charge in [0.05, 0.1) is 25.5 Å². The first-order valence-corrected chi connectivity index (χ1v) is 7.05. The highest BCUT2D eigenvalue weighted by Crippen LogP contribution is 2.23. The largest absolute Gasteiger partial charge is 0.467 e. The van der Waals surface area contributed by atoms with Gasteiger partial charge < -0.3 is 19.4 Å². The molecule has 2 aromatic rings. The molecule has 1 saturated heterocycles. The van der Waals surface area contributed by atoms with Crippen LogP contribution in [0.3, 0.4) is 0 Å². The summed E-state index contributed by atoms with van der Waals surface area (Å²) in [6.07, 6.45) is 1.70. The molecule has 1 fully saturated rings. The Morgan fingerprint density at radius 2 is 1.85 bits per heavy atom. The Balaban J connectivity index is 1.63. The van der Waals surface area contributed by atoms with E-state index in [1.54, 1.807) is 6.26 Å². The molecule has 1 N–H and O–H groups in total. The standard InChI is InChI=1S/C16H20N2O2/c1-13(16-3-2-10-20-16)17-14-4-6-15(7-5-14)18-8-11-19-12-9-18/h2-7,10,13,17H,8-9,11-12H2,1H3. The van der Waals surface area contributed by atoms with E-state index in [-0.39, 0.29) is 6.04 Å². The summed E-state index contributed by atoms with van der Waals surface area (Å²) >= 11 is 0. The number of anilines is 2. The summed E-state index contributed by atoms with van der Waals surface area (Å²) in [7, 11) is 0. The minimum absolute atomic E-state index is 0.166. The van der Waals surface area contributed by atoms with Crippen molar-refractivity contribution >= 4 is 11.4 Å². The summed E-state index contributed by atoms with van der Waals surface area (Å²) < 4.78 is 10.8. The van der Waals surface area contributed by atoms with E-state index in [1.165, 1.54) is 5.69 Å². The number of rotatable bonds is 4. The molecule has 4 heteroatoms. The molecule has 1 unspecified atom stereocenters. The van der Waals surface area contributed by atoms with Crippen LogP contribution >= 0.6 is 0 Å². The van der Waals surface area contributed by atoms with Crippen molar-refractivity contribution in [3.63, 3.8) is 0 Å². The second-order valence-electron chi connectivity index (χ2n) is 5.03. The third kappa shape index (κ3) is 2.96. The van der Waals surface area contributed by atoms with Crippen LogP contribution in [0, 0.1) is 0 Å². The normalized spacial score (nSPS) is 16.9. The van der Waals surface area contributed by atoms with Crippen LogP contribution in [0.2, 0.25) is 0 Å². The van der Waals surface area contributed by atoms with Crippen molar-refractivity contribution in [3.8, 4) is 0 Å². The van der Waals surface area contributed by atoms with Gasteiger partial charge in [0.15, 0.2) is 0 Å². The van der Waals surface area contributed by atoms with Crippen LogP contribution in [0.15, 0.2) is 47.1 Å². The van der Waals surface area contributed by atoms with E-state index in [1.807, 2.05) is 12.1 Å². The number of hydrogen-bond acceptors (Lipinski definition) is 4. The summed E-state index contributed by atoms with van der Waals surface area (Å²) in [5.74, 6) is 0.947. The van der Waals surface area contributed by atoms with Crippen LogP contribution in [0.4, 0.5) is 11.4 Å². The van der Waals surface area contributed by atoms with Gasteiger partial charge in [-0.2, -0.15) is 0 Å². The van der Waals surface area contributed by atoms with E-state index in [0.29, 0.717) is 0 Å². The van der Waals surface area contributed by atoms with Crippen molar-refractivity contribution in [2.45, 2.75) is 13.0 Å². The lowest BCUT2D eigenvalue weighted by Gasteiger charge is -2.29. The molecule has 0 spiro atoms. The lowest BCUT2D eigenvalue weighted by atomic mass is 10.2. The number of hydrogen-bond donors (Lipinski definition) is 1. The van der Waals surface area contributed by atoms with Crippen molar-refractivity contribution < 1.29 is 9.15 Å². The minimum Gasteiger partial charge on any atom is -0.467 e. The number of nitrogens with zero attached hydrogens (tertiary/aromatic N) is 1. The fourth-order valence-corrected chi connectivity index (χ4v) is 2.45. The number of furan rings is 1. The van der Waals surface area contributed by atoms with Crippen LogP contribution in [0.5, 0.6) is 0 Å². The lowest BCUT2D eigenvalue weighted by Crippen LogP contribution is -2.36. The molecule has 4 nitrogen and oxygen atoms in total. The second-order valence-corrected chi connectivity index (χ2v) is 5.03. The van der Waals surface area contributed by atoms with Crippen LogP contribution in [-0.2, 0) is 4.74 Å². The summed E-state index contributed by atoms with van der Waals surface area (Å²) in [5, 5.41) is 3.44. The first kappa shape index (κ1) is 13.1. The summed E-state index contributed by atoms with van der Waals surface area (Å²) in [5.41, 5.74) is 2.36. The molecule has 0 saturated carbocycles. The Bertz CT molecular complexity index is 516. The minimum atomic E-state index is 0.166. The van der Waals surface area contributed by atoms with Crippen LogP contribution in [-0.4, -0.2) is 26.3 Å². The second kappa shape index (κ2) is 6.01. The van der Waals surface area contributed by atoms with Gasteiger partial charge >= 0.3 is 0 Å². The number of morpholine rings is 1. The van der Waals surface area contributed by atoms with Crippen molar-refractivity contribution in [3.05, 3.63) is 48.4 Å². The smallest absolute Gasteiger partial charge is 0.125 e. The molecule has 20 heavy (non-hydrogen) atoms. The molecule has 2 heterocycles. The summed E-state index contributed by atoms with van der Waals surface area (Å²) in [4.78, 5) is 2.35. The van der Waals surface area contributed by atoms with Crippen molar-refractivity contribution in [2.24, 2.45) is 0 Å². The molecule has 3 rings (SSSR count). The van der Waals surface area contributed by atoms with E-state index in [9.17, 15) is 0 Å². The maximum absolute atomic E-state index is 5.40. The SMILES string of the molecule is CC(Nc1ccc(N2CCOCC2)cc1)c1ccco1. The van der Waals surface area contributed by atoms with Gasteiger partial charge in [0.25, 0.3) is 0 Å². The van der Waals surface area contributed by atoms with Crippen LogP contribution in [0.25, 0.3) is 0 Å². The molecule has 1 aliphatic rings. The van der Waals surface area contributed by atoms with E-state index in [2.05, 4.69) is 41.4 Å². The number of benzene rings is 1. The van der Waals surface area contributed by atoms with E-state index < -0.39 is 0 Å². The highest BCUT2D eigenvalue weighted by atomic mass is 16.5. The predicted octanol–water partition coefficient (Wildman–Crippen LogP) is 3.29. The van der Waals surface area contributed by atoms with Gasteiger partial charge in [0, 0.05) is 24.5 Å². The summed E-state index contributed by atoms with van der Waals surface area (Å²) in [6, 6.07) is 12.6. The molecule has 0 amide bonds. The highest BCUT2D eigenvalue weighted by molar-refractivity contribution is 5.55. The fraction of sp³-hybridized carbons (Fsp3) is 0.375. The fourth-order valence-electron chi connectivity index (χ4n) is 2.45. The third-order valence-electron chi connectivity index (χ3n) is 3.60. The van der Waals surface area contributed by atoms with E-state index in [0.717, 1.165) is 37.8 Å². The molecule has 1 aromatic heterocycles. The maximum Gasteiger partial charge on any atom is 0.125 e. The van der Waals surface area contributed by atoms with Crippen molar-refractivity contribution in [2.75, 3.05) is 36.5 Å². The van der Waals surface area contributed by atoms with Gasteiger partial charge in [-0.15, -0.1) is 0 Å². The zero-order valence-corrected chi connectivity index (χ0v) is 11.7. The first-order valence-electron chi connectivity index (χ1n) is 7.05. The molecule has 1 aromatic carbocycles. The highest BCUT2D eigenvalue weighted by Gasteiger charge is 2.11. The molecule has 1 atom stereocenters.